The van der Waals surface area contributed by atoms with Crippen molar-refractivity contribution < 1.29 is 14.3 Å². The van der Waals surface area contributed by atoms with E-state index < -0.39 is 0 Å². The first-order chi connectivity index (χ1) is 9.74. The van der Waals surface area contributed by atoms with Gasteiger partial charge in [-0.05, 0) is 37.3 Å². The van der Waals surface area contributed by atoms with Crippen molar-refractivity contribution in [3.63, 3.8) is 0 Å². The molecule has 2 aromatic rings. The lowest BCUT2D eigenvalue weighted by atomic mass is 10.2. The van der Waals surface area contributed by atoms with Crippen LogP contribution in [0.15, 0.2) is 42.7 Å². The number of nitrogens with one attached hydrogen (secondary N) is 1. The van der Waals surface area contributed by atoms with Crippen LogP contribution in [-0.4, -0.2) is 24.6 Å². The smallest absolute Gasteiger partial charge is 0.255 e. The van der Waals surface area contributed by atoms with Gasteiger partial charge in [0.15, 0.2) is 11.5 Å². The van der Waals surface area contributed by atoms with E-state index in [9.17, 15) is 4.79 Å². The summed E-state index contributed by atoms with van der Waals surface area (Å²) in [5.74, 6) is 0.947. The summed E-state index contributed by atoms with van der Waals surface area (Å²) in [6, 6.07) is 8.53. The molecular formula is C15H16N2O3. The Morgan fingerprint density at radius 2 is 1.95 bits per heavy atom. The van der Waals surface area contributed by atoms with Gasteiger partial charge in [-0.3, -0.25) is 9.78 Å². The van der Waals surface area contributed by atoms with Gasteiger partial charge >= 0.3 is 0 Å². The summed E-state index contributed by atoms with van der Waals surface area (Å²) in [7, 11) is 1.54. The second kappa shape index (κ2) is 6.56. The van der Waals surface area contributed by atoms with Crippen molar-refractivity contribution in [2.24, 2.45) is 0 Å². The lowest BCUT2D eigenvalue weighted by molar-refractivity contribution is 0.102. The molecule has 1 aromatic heterocycles. The number of pyridine rings is 1. The Bertz CT molecular complexity index is 585. The zero-order valence-electron chi connectivity index (χ0n) is 11.4. The quantitative estimate of drug-likeness (QED) is 0.909. The van der Waals surface area contributed by atoms with E-state index in [1.807, 2.05) is 6.92 Å². The molecular weight excluding hydrogens is 256 g/mol. The van der Waals surface area contributed by atoms with Crippen molar-refractivity contribution in [1.29, 1.82) is 0 Å². The third kappa shape index (κ3) is 3.26. The average Bonchev–Trinajstić information content (AvgIpc) is 2.49. The summed E-state index contributed by atoms with van der Waals surface area (Å²) in [6.45, 7) is 2.43. The van der Waals surface area contributed by atoms with E-state index in [1.54, 1.807) is 49.8 Å². The first-order valence-electron chi connectivity index (χ1n) is 6.26. The lowest BCUT2D eigenvalue weighted by Gasteiger charge is -2.11. The highest BCUT2D eigenvalue weighted by atomic mass is 16.5. The van der Waals surface area contributed by atoms with E-state index in [4.69, 9.17) is 9.47 Å². The molecule has 0 spiro atoms. The van der Waals surface area contributed by atoms with Crippen LogP contribution < -0.4 is 14.8 Å². The number of nitrogens with zero attached hydrogens (tertiary/aromatic N) is 1. The molecule has 0 saturated carbocycles. The predicted molar refractivity (Wildman–Crippen MR) is 76.4 cm³/mol. The molecule has 104 valence electrons. The molecule has 0 aliphatic heterocycles. The fourth-order valence-corrected chi connectivity index (χ4v) is 1.72. The van der Waals surface area contributed by atoms with Crippen molar-refractivity contribution in [3.8, 4) is 11.5 Å². The van der Waals surface area contributed by atoms with Crippen LogP contribution in [0.4, 0.5) is 5.69 Å². The van der Waals surface area contributed by atoms with Gasteiger partial charge in [-0.25, -0.2) is 0 Å². The van der Waals surface area contributed by atoms with Crippen LogP contribution in [0.1, 0.15) is 17.3 Å². The maximum atomic E-state index is 12.1. The molecule has 5 nitrogen and oxygen atoms in total. The Morgan fingerprint density at radius 3 is 2.60 bits per heavy atom. The molecule has 20 heavy (non-hydrogen) atoms. The topological polar surface area (TPSA) is 60.5 Å². The van der Waals surface area contributed by atoms with E-state index in [2.05, 4.69) is 10.3 Å². The number of benzene rings is 1. The molecule has 2 rings (SSSR count). The van der Waals surface area contributed by atoms with Crippen LogP contribution in [0.3, 0.4) is 0 Å². The third-order valence-electron chi connectivity index (χ3n) is 2.66. The van der Waals surface area contributed by atoms with Crippen molar-refractivity contribution >= 4 is 11.6 Å². The Kier molecular flexibility index (Phi) is 4.55. The second-order valence-corrected chi connectivity index (χ2v) is 3.99. The number of aromatic nitrogens is 1. The SMILES string of the molecule is CCOc1ccc(C(=O)Nc2ccncc2)cc1OC. The van der Waals surface area contributed by atoms with Crippen LogP contribution in [0.5, 0.6) is 11.5 Å². The van der Waals surface area contributed by atoms with Gasteiger partial charge in [-0.1, -0.05) is 0 Å². The molecule has 0 unspecified atom stereocenters. The minimum Gasteiger partial charge on any atom is -0.493 e. The number of carbonyl (C=O) groups is 1. The average molecular weight is 272 g/mol. The molecule has 0 saturated heterocycles. The van der Waals surface area contributed by atoms with E-state index in [-0.39, 0.29) is 5.91 Å². The number of carbonyl (C=O) groups excluding carboxylic acids is 1. The molecule has 5 heteroatoms. The van der Waals surface area contributed by atoms with Gasteiger partial charge in [-0.15, -0.1) is 0 Å². The fraction of sp³-hybridized carbons (Fsp3) is 0.200. The minimum atomic E-state index is -0.211. The lowest BCUT2D eigenvalue weighted by Crippen LogP contribution is -2.12. The highest BCUT2D eigenvalue weighted by molar-refractivity contribution is 6.04. The molecule has 1 aromatic carbocycles. The number of ether oxygens (including phenoxy) is 2. The normalized spacial score (nSPS) is 9.90. The zero-order chi connectivity index (χ0) is 14.4. The zero-order valence-corrected chi connectivity index (χ0v) is 11.4. The first kappa shape index (κ1) is 13.9. The van der Waals surface area contributed by atoms with Crippen LogP contribution in [0.2, 0.25) is 0 Å². The molecule has 1 heterocycles. The fourth-order valence-electron chi connectivity index (χ4n) is 1.72. The maximum Gasteiger partial charge on any atom is 0.255 e. The number of hydrogen-bond acceptors (Lipinski definition) is 4. The Labute approximate surface area is 117 Å². The van der Waals surface area contributed by atoms with Gasteiger partial charge < -0.3 is 14.8 Å². The van der Waals surface area contributed by atoms with Gasteiger partial charge in [0, 0.05) is 23.6 Å². The summed E-state index contributed by atoms with van der Waals surface area (Å²) in [5, 5.41) is 2.79. The molecule has 1 amide bonds. The minimum absolute atomic E-state index is 0.211. The van der Waals surface area contributed by atoms with Crippen LogP contribution in [0, 0.1) is 0 Å². The number of methoxy groups -OCH3 is 1. The van der Waals surface area contributed by atoms with Crippen molar-refractivity contribution in [2.45, 2.75) is 6.92 Å². The molecule has 0 aliphatic carbocycles. The molecule has 0 radical (unpaired) electrons. The molecule has 1 N–H and O–H groups in total. The number of amides is 1. The standard InChI is InChI=1S/C15H16N2O3/c1-3-20-13-5-4-11(10-14(13)19-2)15(18)17-12-6-8-16-9-7-12/h4-10H,3H2,1-2H3,(H,16,17,18). The number of anilines is 1. The molecule has 0 aliphatic rings. The highest BCUT2D eigenvalue weighted by Crippen LogP contribution is 2.28. The maximum absolute atomic E-state index is 12.1. The number of hydrogen-bond donors (Lipinski definition) is 1. The third-order valence-corrected chi connectivity index (χ3v) is 2.66. The monoisotopic (exact) mass is 272 g/mol. The van der Waals surface area contributed by atoms with E-state index in [0.29, 0.717) is 29.4 Å². The summed E-state index contributed by atoms with van der Waals surface area (Å²) in [6.07, 6.45) is 3.24. The Hall–Kier alpha value is -2.56. The van der Waals surface area contributed by atoms with E-state index in [1.165, 1.54) is 0 Å². The molecule has 0 bridgehead atoms. The molecule has 0 atom stereocenters. The van der Waals surface area contributed by atoms with Crippen molar-refractivity contribution in [2.75, 3.05) is 19.0 Å². The van der Waals surface area contributed by atoms with Gasteiger partial charge in [0.1, 0.15) is 0 Å². The number of rotatable bonds is 5. The highest BCUT2D eigenvalue weighted by Gasteiger charge is 2.11. The van der Waals surface area contributed by atoms with Gasteiger partial charge in [0.2, 0.25) is 0 Å². The predicted octanol–water partition coefficient (Wildman–Crippen LogP) is 2.74. The summed E-state index contributed by atoms with van der Waals surface area (Å²) >= 11 is 0. The second-order valence-electron chi connectivity index (χ2n) is 3.99. The van der Waals surface area contributed by atoms with Gasteiger partial charge in [0.05, 0.1) is 13.7 Å². The van der Waals surface area contributed by atoms with Crippen LogP contribution in [-0.2, 0) is 0 Å². The first-order valence-corrected chi connectivity index (χ1v) is 6.26. The Balaban J connectivity index is 2.18. The molecule has 0 fully saturated rings. The summed E-state index contributed by atoms with van der Waals surface area (Å²) in [4.78, 5) is 16.0. The van der Waals surface area contributed by atoms with Crippen LogP contribution >= 0.6 is 0 Å². The Morgan fingerprint density at radius 1 is 1.20 bits per heavy atom. The van der Waals surface area contributed by atoms with E-state index >= 15 is 0 Å². The summed E-state index contributed by atoms with van der Waals surface area (Å²) in [5.41, 5.74) is 1.19. The van der Waals surface area contributed by atoms with Crippen LogP contribution in [0.25, 0.3) is 0 Å². The largest absolute Gasteiger partial charge is 0.493 e. The summed E-state index contributed by atoms with van der Waals surface area (Å²) < 4.78 is 10.6. The van der Waals surface area contributed by atoms with Crippen molar-refractivity contribution in [1.82, 2.24) is 4.98 Å². The van der Waals surface area contributed by atoms with Gasteiger partial charge in [-0.2, -0.15) is 0 Å². The van der Waals surface area contributed by atoms with E-state index in [0.717, 1.165) is 0 Å². The van der Waals surface area contributed by atoms with Crippen molar-refractivity contribution in [3.05, 3.63) is 48.3 Å². The van der Waals surface area contributed by atoms with Gasteiger partial charge in [0.25, 0.3) is 5.91 Å².